The molecule has 15 heavy (non-hydrogen) atoms. The summed E-state index contributed by atoms with van der Waals surface area (Å²) in [7, 11) is 0. The maximum absolute atomic E-state index is 10.6. The molecule has 3 atom stereocenters. The Morgan fingerprint density at radius 1 is 1.33 bits per heavy atom. The summed E-state index contributed by atoms with van der Waals surface area (Å²) in [5.41, 5.74) is 0. The Balaban J connectivity index is 2.33. The largest absolute Gasteiger partial charge is 0.481 e. The molecule has 1 rings (SSSR count). The predicted molar refractivity (Wildman–Crippen MR) is 65.3 cm³/mol. The summed E-state index contributed by atoms with van der Waals surface area (Å²) in [5, 5.41) is 9.64. The molecule has 0 aromatic carbocycles. The first kappa shape index (κ1) is 12.9. The molecule has 1 aliphatic rings. The lowest BCUT2D eigenvalue weighted by Gasteiger charge is -2.32. The molecule has 1 fully saturated rings. The molecule has 3 heteroatoms. The van der Waals surface area contributed by atoms with Crippen molar-refractivity contribution < 1.29 is 9.90 Å². The van der Waals surface area contributed by atoms with Gasteiger partial charge in [-0.15, -0.1) is 0 Å². The molecule has 1 N–H and O–H groups in total. The molecule has 0 saturated heterocycles. The molecule has 3 unspecified atom stereocenters. The first-order valence-corrected chi connectivity index (χ1v) is 6.79. The van der Waals surface area contributed by atoms with Crippen molar-refractivity contribution >= 4 is 17.7 Å². The van der Waals surface area contributed by atoms with Crippen molar-refractivity contribution in [1.29, 1.82) is 0 Å². The molecule has 2 nitrogen and oxygen atoms in total. The number of carboxylic acid groups (broad SMARTS) is 1. The molecule has 0 aromatic heterocycles. The highest BCUT2D eigenvalue weighted by atomic mass is 32.2. The van der Waals surface area contributed by atoms with Crippen LogP contribution in [-0.4, -0.2) is 21.6 Å². The van der Waals surface area contributed by atoms with Gasteiger partial charge in [0.15, 0.2) is 0 Å². The first-order chi connectivity index (χ1) is 6.97. The van der Waals surface area contributed by atoms with Crippen LogP contribution in [0.4, 0.5) is 0 Å². The van der Waals surface area contributed by atoms with E-state index in [1.807, 2.05) is 18.7 Å². The molecule has 1 saturated carbocycles. The SMILES string of the molecule is CC1CC(C)CC(SC(C)CC(=O)O)C1. The summed E-state index contributed by atoms with van der Waals surface area (Å²) >= 11 is 1.88. The Kier molecular flexibility index (Phi) is 4.97. The second-order valence-corrected chi connectivity index (χ2v) is 6.83. The van der Waals surface area contributed by atoms with Gasteiger partial charge in [0, 0.05) is 10.5 Å². The molecule has 88 valence electrons. The summed E-state index contributed by atoms with van der Waals surface area (Å²) in [6.07, 6.45) is 4.16. The van der Waals surface area contributed by atoms with Crippen molar-refractivity contribution in [2.75, 3.05) is 0 Å². The van der Waals surface area contributed by atoms with Crippen molar-refractivity contribution in [3.63, 3.8) is 0 Å². The van der Waals surface area contributed by atoms with Gasteiger partial charge in [-0.25, -0.2) is 0 Å². The number of carboxylic acids is 1. The maximum atomic E-state index is 10.6. The number of thioether (sulfide) groups is 1. The van der Waals surface area contributed by atoms with Crippen LogP contribution in [0, 0.1) is 11.8 Å². The average molecular weight is 230 g/mol. The van der Waals surface area contributed by atoms with Gasteiger partial charge in [0.25, 0.3) is 0 Å². The van der Waals surface area contributed by atoms with Crippen LogP contribution in [0.15, 0.2) is 0 Å². The summed E-state index contributed by atoms with van der Waals surface area (Å²) < 4.78 is 0. The molecule has 1 aliphatic carbocycles. The van der Waals surface area contributed by atoms with E-state index in [4.69, 9.17) is 5.11 Å². The fourth-order valence-electron chi connectivity index (χ4n) is 2.61. The Morgan fingerprint density at radius 3 is 2.33 bits per heavy atom. The molecule has 0 aromatic rings. The summed E-state index contributed by atoms with van der Waals surface area (Å²) in [5.74, 6) is 0.943. The zero-order valence-electron chi connectivity index (χ0n) is 9.90. The predicted octanol–water partition coefficient (Wildman–Crippen LogP) is 3.41. The Bertz CT molecular complexity index is 208. The van der Waals surface area contributed by atoms with Crippen molar-refractivity contribution in [1.82, 2.24) is 0 Å². The fraction of sp³-hybridized carbons (Fsp3) is 0.917. The van der Waals surface area contributed by atoms with Crippen LogP contribution in [0.1, 0.15) is 46.5 Å². The molecular weight excluding hydrogens is 208 g/mol. The maximum Gasteiger partial charge on any atom is 0.304 e. The number of aliphatic carboxylic acids is 1. The minimum atomic E-state index is -0.674. The van der Waals surface area contributed by atoms with Gasteiger partial charge in [0.05, 0.1) is 6.42 Å². The highest BCUT2D eigenvalue weighted by Gasteiger charge is 2.25. The van der Waals surface area contributed by atoms with E-state index in [1.165, 1.54) is 19.3 Å². The van der Waals surface area contributed by atoms with E-state index in [1.54, 1.807) is 0 Å². The first-order valence-electron chi connectivity index (χ1n) is 5.84. The van der Waals surface area contributed by atoms with Gasteiger partial charge < -0.3 is 5.11 Å². The monoisotopic (exact) mass is 230 g/mol. The number of hydrogen-bond acceptors (Lipinski definition) is 2. The highest BCUT2D eigenvalue weighted by molar-refractivity contribution is 8.00. The van der Waals surface area contributed by atoms with Crippen LogP contribution < -0.4 is 0 Å². The van der Waals surface area contributed by atoms with E-state index in [-0.39, 0.29) is 5.25 Å². The zero-order valence-corrected chi connectivity index (χ0v) is 10.7. The fourth-order valence-corrected chi connectivity index (χ4v) is 4.38. The van der Waals surface area contributed by atoms with Crippen molar-refractivity contribution in [3.8, 4) is 0 Å². The van der Waals surface area contributed by atoms with Gasteiger partial charge in [0.2, 0.25) is 0 Å². The number of rotatable bonds is 4. The Labute approximate surface area is 96.8 Å². The third kappa shape index (κ3) is 4.92. The molecule has 0 heterocycles. The van der Waals surface area contributed by atoms with E-state index in [0.29, 0.717) is 11.7 Å². The van der Waals surface area contributed by atoms with Gasteiger partial charge in [-0.3, -0.25) is 4.79 Å². The molecule has 0 radical (unpaired) electrons. The van der Waals surface area contributed by atoms with Gasteiger partial charge in [0.1, 0.15) is 0 Å². The normalized spacial score (nSPS) is 33.7. The van der Waals surface area contributed by atoms with E-state index in [0.717, 1.165) is 11.8 Å². The van der Waals surface area contributed by atoms with Crippen LogP contribution in [0.25, 0.3) is 0 Å². The van der Waals surface area contributed by atoms with Crippen molar-refractivity contribution in [2.45, 2.75) is 57.0 Å². The lowest BCUT2D eigenvalue weighted by atomic mass is 9.83. The second-order valence-electron chi connectivity index (χ2n) is 5.08. The lowest BCUT2D eigenvalue weighted by molar-refractivity contribution is -0.136. The summed E-state index contributed by atoms with van der Waals surface area (Å²) in [6, 6.07) is 0. The third-order valence-electron chi connectivity index (χ3n) is 3.02. The standard InChI is InChI=1S/C12H22O2S/c1-8-4-9(2)6-11(5-8)15-10(3)7-12(13)14/h8-11H,4-7H2,1-3H3,(H,13,14). The van der Waals surface area contributed by atoms with E-state index >= 15 is 0 Å². The Hall–Kier alpha value is -0.180. The number of carbonyl (C=O) groups is 1. The molecule has 0 spiro atoms. The topological polar surface area (TPSA) is 37.3 Å². The van der Waals surface area contributed by atoms with E-state index in [2.05, 4.69) is 13.8 Å². The minimum Gasteiger partial charge on any atom is -0.481 e. The van der Waals surface area contributed by atoms with Crippen LogP contribution in [0.3, 0.4) is 0 Å². The molecular formula is C12H22O2S. The minimum absolute atomic E-state index is 0.255. The quantitative estimate of drug-likeness (QED) is 0.804. The smallest absolute Gasteiger partial charge is 0.304 e. The summed E-state index contributed by atoms with van der Waals surface area (Å²) in [4.78, 5) is 10.6. The molecule has 0 aliphatic heterocycles. The van der Waals surface area contributed by atoms with Crippen LogP contribution in [0.5, 0.6) is 0 Å². The van der Waals surface area contributed by atoms with Gasteiger partial charge in [-0.05, 0) is 31.1 Å². The van der Waals surface area contributed by atoms with Gasteiger partial charge in [-0.2, -0.15) is 11.8 Å². The molecule has 0 bridgehead atoms. The summed E-state index contributed by atoms with van der Waals surface area (Å²) in [6.45, 7) is 6.65. The second kappa shape index (κ2) is 5.78. The van der Waals surface area contributed by atoms with E-state index < -0.39 is 5.97 Å². The van der Waals surface area contributed by atoms with Crippen LogP contribution in [-0.2, 0) is 4.79 Å². The van der Waals surface area contributed by atoms with Crippen molar-refractivity contribution in [2.24, 2.45) is 11.8 Å². The lowest BCUT2D eigenvalue weighted by Crippen LogP contribution is -2.23. The van der Waals surface area contributed by atoms with Crippen molar-refractivity contribution in [3.05, 3.63) is 0 Å². The number of hydrogen-bond donors (Lipinski definition) is 1. The highest BCUT2D eigenvalue weighted by Crippen LogP contribution is 2.37. The van der Waals surface area contributed by atoms with Crippen LogP contribution in [0.2, 0.25) is 0 Å². The van der Waals surface area contributed by atoms with E-state index in [9.17, 15) is 4.79 Å². The van der Waals surface area contributed by atoms with Gasteiger partial charge in [-0.1, -0.05) is 20.8 Å². The van der Waals surface area contributed by atoms with Crippen LogP contribution >= 0.6 is 11.8 Å². The Morgan fingerprint density at radius 2 is 1.87 bits per heavy atom. The molecule has 0 amide bonds. The third-order valence-corrected chi connectivity index (χ3v) is 4.42. The average Bonchev–Trinajstić information content (AvgIpc) is 1.98. The zero-order chi connectivity index (χ0) is 11.4. The van der Waals surface area contributed by atoms with Gasteiger partial charge >= 0.3 is 5.97 Å².